The van der Waals surface area contributed by atoms with E-state index in [9.17, 15) is 9.90 Å². The molecule has 0 saturated carbocycles. The van der Waals surface area contributed by atoms with Crippen molar-refractivity contribution in [1.29, 1.82) is 0 Å². The first-order valence-electron chi connectivity index (χ1n) is 7.26. The number of aromatic nitrogens is 2. The molecule has 110 valence electrons. The largest absolute Gasteiger partial charge is 0.477 e. The summed E-state index contributed by atoms with van der Waals surface area (Å²) in [5.41, 5.74) is 3.87. The molecule has 0 amide bonds. The number of carboxylic acid groups (broad SMARTS) is 1. The molecule has 1 aromatic heterocycles. The van der Waals surface area contributed by atoms with Crippen LogP contribution in [0.15, 0.2) is 30.3 Å². The molecular formula is C16H19N3O2. The topological polar surface area (TPSA) is 58.4 Å². The normalized spacial score (nSPS) is 14.9. The monoisotopic (exact) mass is 285 g/mol. The number of fused-ring (bicyclic) bond motifs is 1. The molecule has 0 saturated heterocycles. The van der Waals surface area contributed by atoms with E-state index in [0.29, 0.717) is 13.1 Å². The van der Waals surface area contributed by atoms with Gasteiger partial charge in [0, 0.05) is 26.2 Å². The predicted molar refractivity (Wildman–Crippen MR) is 79.1 cm³/mol. The van der Waals surface area contributed by atoms with Gasteiger partial charge in [-0.3, -0.25) is 9.58 Å². The Hall–Kier alpha value is -2.14. The van der Waals surface area contributed by atoms with Crippen LogP contribution in [0.1, 0.15) is 34.2 Å². The van der Waals surface area contributed by atoms with Crippen molar-refractivity contribution in [2.24, 2.45) is 0 Å². The van der Waals surface area contributed by atoms with E-state index >= 15 is 0 Å². The minimum absolute atomic E-state index is 0.268. The van der Waals surface area contributed by atoms with Gasteiger partial charge in [0.25, 0.3) is 0 Å². The maximum atomic E-state index is 11.2. The lowest BCUT2D eigenvalue weighted by atomic mass is 10.00. The molecule has 0 radical (unpaired) electrons. The molecule has 1 aliphatic rings. The predicted octanol–water partition coefficient (Wildman–Crippen LogP) is 2.16. The van der Waals surface area contributed by atoms with Crippen LogP contribution in [0.5, 0.6) is 0 Å². The van der Waals surface area contributed by atoms with E-state index in [1.54, 1.807) is 10.7 Å². The number of carboxylic acids is 1. The Balaban J connectivity index is 1.75. The van der Waals surface area contributed by atoms with Crippen molar-refractivity contribution in [2.45, 2.75) is 33.0 Å². The summed E-state index contributed by atoms with van der Waals surface area (Å²) in [6, 6.07) is 10.2. The van der Waals surface area contributed by atoms with E-state index in [-0.39, 0.29) is 5.69 Å². The standard InChI is InChI=1S/C16H19N3O2/c1-2-19-15(16(20)21)9-14(17-19)11-18-8-7-12-5-3-4-6-13(12)10-18/h3-6,9H,2,7-8,10-11H2,1H3,(H,20,21). The molecule has 1 aliphatic heterocycles. The van der Waals surface area contributed by atoms with E-state index in [4.69, 9.17) is 0 Å². The number of nitrogens with zero attached hydrogens (tertiary/aromatic N) is 3. The Bertz CT molecular complexity index is 663. The maximum Gasteiger partial charge on any atom is 0.354 e. The highest BCUT2D eigenvalue weighted by molar-refractivity contribution is 5.85. The van der Waals surface area contributed by atoms with Gasteiger partial charge in [0.2, 0.25) is 0 Å². The summed E-state index contributed by atoms with van der Waals surface area (Å²) in [7, 11) is 0. The van der Waals surface area contributed by atoms with Crippen LogP contribution in [0.4, 0.5) is 0 Å². The molecule has 0 aliphatic carbocycles. The number of aromatic carboxylic acids is 1. The molecule has 2 aromatic rings. The smallest absolute Gasteiger partial charge is 0.354 e. The summed E-state index contributed by atoms with van der Waals surface area (Å²) >= 11 is 0. The van der Waals surface area contributed by atoms with Crippen LogP contribution in [-0.2, 0) is 26.1 Å². The average Bonchev–Trinajstić information content (AvgIpc) is 2.90. The zero-order valence-electron chi connectivity index (χ0n) is 12.1. The summed E-state index contributed by atoms with van der Waals surface area (Å²) in [5, 5.41) is 13.6. The van der Waals surface area contributed by atoms with Gasteiger partial charge in [0.15, 0.2) is 0 Å². The van der Waals surface area contributed by atoms with Crippen molar-refractivity contribution < 1.29 is 9.90 Å². The first-order valence-corrected chi connectivity index (χ1v) is 7.26. The fourth-order valence-corrected chi connectivity index (χ4v) is 2.88. The number of carbonyl (C=O) groups is 1. The molecule has 1 N–H and O–H groups in total. The lowest BCUT2D eigenvalue weighted by molar-refractivity contribution is 0.0683. The van der Waals surface area contributed by atoms with Gasteiger partial charge in [-0.15, -0.1) is 0 Å². The third kappa shape index (κ3) is 2.83. The number of aryl methyl sites for hydroxylation is 1. The summed E-state index contributed by atoms with van der Waals surface area (Å²) in [5.74, 6) is -0.917. The Morgan fingerprint density at radius 1 is 1.33 bits per heavy atom. The molecular weight excluding hydrogens is 266 g/mol. The van der Waals surface area contributed by atoms with Crippen LogP contribution >= 0.6 is 0 Å². The van der Waals surface area contributed by atoms with Crippen molar-refractivity contribution in [3.8, 4) is 0 Å². The van der Waals surface area contributed by atoms with Crippen LogP contribution < -0.4 is 0 Å². The fourth-order valence-electron chi connectivity index (χ4n) is 2.88. The minimum Gasteiger partial charge on any atom is -0.477 e. The Morgan fingerprint density at radius 3 is 2.76 bits per heavy atom. The lowest BCUT2D eigenvalue weighted by Crippen LogP contribution is -2.30. The SMILES string of the molecule is CCn1nc(CN2CCc3ccccc3C2)cc1C(=O)O. The van der Waals surface area contributed by atoms with Crippen molar-refractivity contribution in [1.82, 2.24) is 14.7 Å². The Morgan fingerprint density at radius 2 is 2.10 bits per heavy atom. The van der Waals surface area contributed by atoms with Gasteiger partial charge < -0.3 is 5.11 Å². The van der Waals surface area contributed by atoms with Crippen LogP contribution in [0, 0.1) is 0 Å². The molecule has 0 spiro atoms. The second-order valence-corrected chi connectivity index (χ2v) is 5.37. The molecule has 5 heteroatoms. The molecule has 0 atom stereocenters. The van der Waals surface area contributed by atoms with E-state index in [1.807, 2.05) is 6.92 Å². The first-order chi connectivity index (χ1) is 10.2. The van der Waals surface area contributed by atoms with Gasteiger partial charge in [-0.2, -0.15) is 5.10 Å². The molecule has 0 fully saturated rings. The quantitative estimate of drug-likeness (QED) is 0.935. The van der Waals surface area contributed by atoms with Gasteiger partial charge in [-0.25, -0.2) is 4.79 Å². The number of rotatable bonds is 4. The zero-order valence-corrected chi connectivity index (χ0v) is 12.1. The third-order valence-electron chi connectivity index (χ3n) is 3.94. The highest BCUT2D eigenvalue weighted by atomic mass is 16.4. The van der Waals surface area contributed by atoms with E-state index in [0.717, 1.165) is 25.2 Å². The van der Waals surface area contributed by atoms with E-state index in [2.05, 4.69) is 34.3 Å². The van der Waals surface area contributed by atoms with Crippen molar-refractivity contribution in [3.05, 3.63) is 52.8 Å². The van der Waals surface area contributed by atoms with Gasteiger partial charge in [-0.05, 0) is 30.5 Å². The number of benzene rings is 1. The van der Waals surface area contributed by atoms with Crippen LogP contribution in [0.3, 0.4) is 0 Å². The first kappa shape index (κ1) is 13.8. The number of hydrogen-bond acceptors (Lipinski definition) is 3. The molecule has 3 rings (SSSR count). The summed E-state index contributed by atoms with van der Waals surface area (Å²) in [6.07, 6.45) is 1.04. The molecule has 0 bridgehead atoms. The third-order valence-corrected chi connectivity index (χ3v) is 3.94. The fraction of sp³-hybridized carbons (Fsp3) is 0.375. The van der Waals surface area contributed by atoms with Gasteiger partial charge in [-0.1, -0.05) is 24.3 Å². The summed E-state index contributed by atoms with van der Waals surface area (Å²) in [6.45, 7) is 5.06. The highest BCUT2D eigenvalue weighted by Gasteiger charge is 2.19. The second kappa shape index (κ2) is 5.69. The van der Waals surface area contributed by atoms with Crippen molar-refractivity contribution in [3.63, 3.8) is 0 Å². The van der Waals surface area contributed by atoms with Crippen LogP contribution in [0.2, 0.25) is 0 Å². The maximum absolute atomic E-state index is 11.2. The van der Waals surface area contributed by atoms with Crippen LogP contribution in [0.25, 0.3) is 0 Å². The Kier molecular flexibility index (Phi) is 3.75. The zero-order chi connectivity index (χ0) is 14.8. The highest BCUT2D eigenvalue weighted by Crippen LogP contribution is 2.20. The Labute approximate surface area is 123 Å². The van der Waals surface area contributed by atoms with Gasteiger partial charge in [0.05, 0.1) is 5.69 Å². The average molecular weight is 285 g/mol. The molecule has 21 heavy (non-hydrogen) atoms. The van der Waals surface area contributed by atoms with E-state index < -0.39 is 5.97 Å². The van der Waals surface area contributed by atoms with Crippen molar-refractivity contribution >= 4 is 5.97 Å². The molecule has 5 nitrogen and oxygen atoms in total. The molecule has 1 aromatic carbocycles. The summed E-state index contributed by atoms with van der Waals surface area (Å²) in [4.78, 5) is 13.5. The number of hydrogen-bond donors (Lipinski definition) is 1. The van der Waals surface area contributed by atoms with Gasteiger partial charge in [0.1, 0.15) is 5.69 Å². The van der Waals surface area contributed by atoms with E-state index in [1.165, 1.54) is 11.1 Å². The lowest BCUT2D eigenvalue weighted by Gasteiger charge is -2.27. The summed E-state index contributed by atoms with van der Waals surface area (Å²) < 4.78 is 1.55. The van der Waals surface area contributed by atoms with Gasteiger partial charge >= 0.3 is 5.97 Å². The molecule has 2 heterocycles. The molecule has 0 unspecified atom stereocenters. The second-order valence-electron chi connectivity index (χ2n) is 5.37. The van der Waals surface area contributed by atoms with Crippen molar-refractivity contribution in [2.75, 3.05) is 6.54 Å². The minimum atomic E-state index is -0.917. The van der Waals surface area contributed by atoms with Crippen LogP contribution in [-0.4, -0.2) is 32.3 Å².